The molecule has 0 bridgehead atoms. The predicted molar refractivity (Wildman–Crippen MR) is 77.1 cm³/mol. The molecule has 1 aromatic heterocycles. The van der Waals surface area contributed by atoms with E-state index in [1.807, 2.05) is 0 Å². The minimum absolute atomic E-state index is 0.124. The van der Waals surface area contributed by atoms with Crippen LogP contribution in [0, 0.1) is 12.8 Å². The highest BCUT2D eigenvalue weighted by molar-refractivity contribution is 5.76. The molecule has 0 saturated heterocycles. The Labute approximate surface area is 121 Å². The molecule has 7 nitrogen and oxygen atoms in total. The van der Waals surface area contributed by atoms with Crippen molar-refractivity contribution >= 4 is 5.91 Å². The second kappa shape index (κ2) is 6.71. The highest BCUT2D eigenvalue weighted by Crippen LogP contribution is 2.24. The van der Waals surface area contributed by atoms with Crippen LogP contribution in [-0.4, -0.2) is 33.6 Å². The molecule has 4 N–H and O–H groups in total. The van der Waals surface area contributed by atoms with Crippen molar-refractivity contribution in [1.82, 2.24) is 15.3 Å². The first-order valence-electron chi connectivity index (χ1n) is 7.22. The summed E-state index contributed by atoms with van der Waals surface area (Å²) in [6.07, 6.45) is 2.71. The van der Waals surface area contributed by atoms with Crippen molar-refractivity contribution < 1.29 is 9.90 Å². The number of aliphatic hydroxyl groups excluding tert-OH is 1. The number of carbonyl (C=O) groups is 1. The van der Waals surface area contributed by atoms with E-state index in [0.29, 0.717) is 23.7 Å². The van der Waals surface area contributed by atoms with Gasteiger partial charge < -0.3 is 15.4 Å². The van der Waals surface area contributed by atoms with Crippen LogP contribution >= 0.6 is 0 Å². The second-order valence-corrected chi connectivity index (χ2v) is 5.65. The molecule has 7 heteroatoms. The van der Waals surface area contributed by atoms with Crippen LogP contribution in [-0.2, 0) is 11.2 Å². The van der Waals surface area contributed by atoms with Crippen LogP contribution in [0.4, 0.5) is 0 Å². The zero-order chi connectivity index (χ0) is 15.4. The Hall–Kier alpha value is -1.89. The fourth-order valence-corrected chi connectivity index (χ4v) is 2.75. The van der Waals surface area contributed by atoms with Crippen molar-refractivity contribution in [2.24, 2.45) is 5.92 Å². The molecule has 21 heavy (non-hydrogen) atoms. The summed E-state index contributed by atoms with van der Waals surface area (Å²) in [6.45, 7) is 2.21. The van der Waals surface area contributed by atoms with E-state index in [4.69, 9.17) is 0 Å². The van der Waals surface area contributed by atoms with Crippen molar-refractivity contribution in [1.29, 1.82) is 0 Å². The monoisotopic (exact) mass is 295 g/mol. The van der Waals surface area contributed by atoms with Gasteiger partial charge in [0.2, 0.25) is 5.91 Å². The minimum Gasteiger partial charge on any atom is -0.393 e. The zero-order valence-corrected chi connectivity index (χ0v) is 12.1. The third-order valence-corrected chi connectivity index (χ3v) is 3.96. The number of aromatic amines is 2. The van der Waals surface area contributed by atoms with Crippen LogP contribution in [0.1, 0.15) is 36.9 Å². The standard InChI is InChI=1S/C14H21N3O4/c1-8-11(13(20)17-14(21)16-8)4-5-12(19)15-7-9-2-3-10(18)6-9/h9-10,18H,2-7H2,1H3,(H,15,19)(H2,16,17,20,21). The lowest BCUT2D eigenvalue weighted by atomic mass is 10.1. The quantitative estimate of drug-likeness (QED) is 0.590. The molecule has 2 rings (SSSR count). The van der Waals surface area contributed by atoms with E-state index in [0.717, 1.165) is 19.3 Å². The lowest BCUT2D eigenvalue weighted by Crippen LogP contribution is -2.31. The molecule has 1 aliphatic rings. The molecule has 116 valence electrons. The van der Waals surface area contributed by atoms with E-state index >= 15 is 0 Å². The van der Waals surface area contributed by atoms with Crippen molar-refractivity contribution in [2.45, 2.75) is 45.1 Å². The number of rotatable bonds is 5. The van der Waals surface area contributed by atoms with Gasteiger partial charge >= 0.3 is 5.69 Å². The van der Waals surface area contributed by atoms with Crippen LogP contribution in [0.15, 0.2) is 9.59 Å². The molecule has 0 spiro atoms. The predicted octanol–water partition coefficient (Wildman–Crippen LogP) is -0.419. The Morgan fingerprint density at radius 1 is 1.33 bits per heavy atom. The summed E-state index contributed by atoms with van der Waals surface area (Å²) in [7, 11) is 0. The van der Waals surface area contributed by atoms with Gasteiger partial charge in [0.1, 0.15) is 0 Å². The first-order chi connectivity index (χ1) is 9.95. The molecule has 0 radical (unpaired) electrons. The minimum atomic E-state index is -0.537. The molecular weight excluding hydrogens is 274 g/mol. The van der Waals surface area contributed by atoms with Gasteiger partial charge in [-0.05, 0) is 38.5 Å². The molecular formula is C14H21N3O4. The fraction of sp³-hybridized carbons (Fsp3) is 0.643. The molecule has 0 aliphatic heterocycles. The number of H-pyrrole nitrogens is 2. The van der Waals surface area contributed by atoms with Gasteiger partial charge in [-0.2, -0.15) is 0 Å². The van der Waals surface area contributed by atoms with E-state index in [2.05, 4.69) is 15.3 Å². The van der Waals surface area contributed by atoms with Gasteiger partial charge in [-0.25, -0.2) is 4.79 Å². The number of aryl methyl sites for hydroxylation is 1. The Balaban J connectivity index is 1.82. The van der Waals surface area contributed by atoms with Gasteiger partial charge in [0.15, 0.2) is 0 Å². The molecule has 0 aromatic carbocycles. The number of hydrogen-bond acceptors (Lipinski definition) is 4. The third-order valence-electron chi connectivity index (χ3n) is 3.96. The normalized spacial score (nSPS) is 21.4. The van der Waals surface area contributed by atoms with E-state index in [1.54, 1.807) is 6.92 Å². The number of hydrogen-bond donors (Lipinski definition) is 4. The van der Waals surface area contributed by atoms with Crippen LogP contribution in [0.5, 0.6) is 0 Å². The number of carbonyl (C=O) groups excluding carboxylic acids is 1. The molecule has 1 saturated carbocycles. The molecule has 1 aliphatic carbocycles. The van der Waals surface area contributed by atoms with E-state index in [-0.39, 0.29) is 24.9 Å². The van der Waals surface area contributed by atoms with Crippen molar-refractivity contribution in [3.8, 4) is 0 Å². The average molecular weight is 295 g/mol. The topological polar surface area (TPSA) is 115 Å². The maximum atomic E-state index is 11.8. The Bertz CT molecular complexity index is 619. The van der Waals surface area contributed by atoms with Crippen LogP contribution in [0.2, 0.25) is 0 Å². The number of aliphatic hydroxyl groups is 1. The second-order valence-electron chi connectivity index (χ2n) is 5.65. The van der Waals surface area contributed by atoms with Gasteiger partial charge in [0, 0.05) is 24.2 Å². The largest absolute Gasteiger partial charge is 0.393 e. The van der Waals surface area contributed by atoms with Crippen molar-refractivity contribution in [3.05, 3.63) is 32.1 Å². The highest BCUT2D eigenvalue weighted by atomic mass is 16.3. The maximum absolute atomic E-state index is 11.8. The van der Waals surface area contributed by atoms with Gasteiger partial charge in [0.05, 0.1) is 6.10 Å². The summed E-state index contributed by atoms with van der Waals surface area (Å²) in [5.41, 5.74) is -0.0510. The number of aromatic nitrogens is 2. The van der Waals surface area contributed by atoms with Gasteiger partial charge in [-0.3, -0.25) is 14.6 Å². The van der Waals surface area contributed by atoms with Gasteiger partial charge in [0.25, 0.3) is 5.56 Å². The molecule has 1 amide bonds. The molecule has 1 aromatic rings. The SMILES string of the molecule is Cc1[nH]c(=O)[nH]c(=O)c1CCC(=O)NCC1CCC(O)C1. The van der Waals surface area contributed by atoms with E-state index in [9.17, 15) is 19.5 Å². The van der Waals surface area contributed by atoms with E-state index in [1.165, 1.54) is 0 Å². The van der Waals surface area contributed by atoms with Gasteiger partial charge in [-0.1, -0.05) is 0 Å². The summed E-state index contributed by atoms with van der Waals surface area (Å²) >= 11 is 0. The first kappa shape index (κ1) is 15.5. The Morgan fingerprint density at radius 3 is 2.71 bits per heavy atom. The summed E-state index contributed by atoms with van der Waals surface area (Å²) < 4.78 is 0. The number of amides is 1. The van der Waals surface area contributed by atoms with E-state index < -0.39 is 11.2 Å². The average Bonchev–Trinajstić information content (AvgIpc) is 2.81. The first-order valence-corrected chi connectivity index (χ1v) is 7.22. The third kappa shape index (κ3) is 4.29. The fourth-order valence-electron chi connectivity index (χ4n) is 2.75. The Morgan fingerprint density at radius 2 is 2.10 bits per heavy atom. The van der Waals surface area contributed by atoms with Gasteiger partial charge in [-0.15, -0.1) is 0 Å². The molecule has 2 unspecified atom stereocenters. The zero-order valence-electron chi connectivity index (χ0n) is 12.1. The lowest BCUT2D eigenvalue weighted by molar-refractivity contribution is -0.121. The molecule has 1 fully saturated rings. The van der Waals surface area contributed by atoms with Crippen LogP contribution in [0.3, 0.4) is 0 Å². The molecule has 1 heterocycles. The van der Waals surface area contributed by atoms with Crippen LogP contribution < -0.4 is 16.6 Å². The number of nitrogens with one attached hydrogen (secondary N) is 3. The Kier molecular flexibility index (Phi) is 4.95. The summed E-state index contributed by atoms with van der Waals surface area (Å²) in [4.78, 5) is 39.2. The molecule has 2 atom stereocenters. The van der Waals surface area contributed by atoms with Crippen molar-refractivity contribution in [2.75, 3.05) is 6.54 Å². The smallest absolute Gasteiger partial charge is 0.325 e. The summed E-state index contributed by atoms with van der Waals surface area (Å²) in [6, 6.07) is 0. The summed E-state index contributed by atoms with van der Waals surface area (Å²) in [5, 5.41) is 12.3. The van der Waals surface area contributed by atoms with Crippen LogP contribution in [0.25, 0.3) is 0 Å². The summed E-state index contributed by atoms with van der Waals surface area (Å²) in [5.74, 6) is 0.212. The lowest BCUT2D eigenvalue weighted by Gasteiger charge is -2.11. The highest BCUT2D eigenvalue weighted by Gasteiger charge is 2.22. The van der Waals surface area contributed by atoms with Crippen molar-refractivity contribution in [3.63, 3.8) is 0 Å². The maximum Gasteiger partial charge on any atom is 0.325 e.